The lowest BCUT2D eigenvalue weighted by atomic mass is 10.0. The number of nitrogens with zero attached hydrogens (tertiary/aromatic N) is 2. The molecular weight excluding hydrogens is 310 g/mol. The van der Waals surface area contributed by atoms with Crippen molar-refractivity contribution >= 4 is 11.6 Å². The lowest BCUT2D eigenvalue weighted by Gasteiger charge is -2.09. The Kier molecular flexibility index (Phi) is 4.34. The number of hydrogen-bond donors (Lipinski definition) is 1. The fourth-order valence-electron chi connectivity index (χ4n) is 3.46. The van der Waals surface area contributed by atoms with Gasteiger partial charge in [0.25, 0.3) is 0 Å². The molecule has 4 heteroatoms. The Hall–Kier alpha value is -2.88. The summed E-state index contributed by atoms with van der Waals surface area (Å²) in [6.07, 6.45) is 9.45. The van der Waals surface area contributed by atoms with Crippen LogP contribution in [0.1, 0.15) is 28.7 Å². The molecule has 1 heterocycles. The summed E-state index contributed by atoms with van der Waals surface area (Å²) < 4.78 is 2.01. The molecule has 2 aromatic carbocycles. The Bertz CT molecular complexity index is 884. The minimum Gasteiger partial charge on any atom is -0.333 e. The van der Waals surface area contributed by atoms with Crippen LogP contribution in [0.25, 0.3) is 0 Å². The summed E-state index contributed by atoms with van der Waals surface area (Å²) in [5.74, 6) is 0.0257. The molecule has 0 atom stereocenters. The number of aromatic nitrogens is 2. The van der Waals surface area contributed by atoms with Gasteiger partial charge in [-0.25, -0.2) is 4.98 Å². The maximum Gasteiger partial charge on any atom is 0.228 e. The molecule has 4 nitrogen and oxygen atoms in total. The molecule has 0 bridgehead atoms. The van der Waals surface area contributed by atoms with Crippen LogP contribution in [0.5, 0.6) is 0 Å². The zero-order valence-electron chi connectivity index (χ0n) is 14.1. The second kappa shape index (κ2) is 6.93. The molecule has 1 N–H and O–H groups in total. The van der Waals surface area contributed by atoms with Crippen LogP contribution in [0.15, 0.2) is 61.2 Å². The largest absolute Gasteiger partial charge is 0.333 e. The van der Waals surface area contributed by atoms with E-state index in [9.17, 15) is 4.79 Å². The van der Waals surface area contributed by atoms with E-state index < -0.39 is 0 Å². The number of rotatable bonds is 5. The van der Waals surface area contributed by atoms with E-state index in [0.29, 0.717) is 6.42 Å². The molecule has 1 aliphatic carbocycles. The van der Waals surface area contributed by atoms with Gasteiger partial charge in [-0.3, -0.25) is 4.79 Å². The molecule has 1 aromatic heterocycles. The number of carbonyl (C=O) groups excluding carboxylic acids is 1. The van der Waals surface area contributed by atoms with Gasteiger partial charge in [-0.05, 0) is 53.6 Å². The van der Waals surface area contributed by atoms with Gasteiger partial charge in [-0.15, -0.1) is 0 Å². The van der Waals surface area contributed by atoms with Crippen molar-refractivity contribution in [2.75, 3.05) is 5.32 Å². The van der Waals surface area contributed by atoms with Crippen molar-refractivity contribution in [3.05, 3.63) is 83.4 Å². The van der Waals surface area contributed by atoms with Crippen LogP contribution in [-0.4, -0.2) is 15.5 Å². The van der Waals surface area contributed by atoms with Gasteiger partial charge in [0.1, 0.15) is 0 Å². The third kappa shape index (κ3) is 3.79. The molecule has 3 aromatic rings. The number of nitrogens with one attached hydrogen (secondary N) is 1. The fraction of sp³-hybridized carbons (Fsp3) is 0.238. The molecule has 0 radical (unpaired) electrons. The number of benzene rings is 2. The van der Waals surface area contributed by atoms with E-state index in [1.807, 2.05) is 29.0 Å². The van der Waals surface area contributed by atoms with Gasteiger partial charge in [-0.2, -0.15) is 0 Å². The Balaban J connectivity index is 1.40. The van der Waals surface area contributed by atoms with Gasteiger partial charge >= 0.3 is 0 Å². The molecule has 0 aliphatic heterocycles. The Morgan fingerprint density at radius 2 is 2.00 bits per heavy atom. The van der Waals surface area contributed by atoms with Crippen LogP contribution in [0.2, 0.25) is 0 Å². The summed E-state index contributed by atoms with van der Waals surface area (Å²) in [5, 5.41) is 3.01. The fourth-order valence-corrected chi connectivity index (χ4v) is 3.46. The number of carbonyl (C=O) groups is 1. The second-order valence-corrected chi connectivity index (χ2v) is 6.62. The molecule has 25 heavy (non-hydrogen) atoms. The minimum atomic E-state index is 0.0257. The smallest absolute Gasteiger partial charge is 0.228 e. The topological polar surface area (TPSA) is 46.9 Å². The van der Waals surface area contributed by atoms with Crippen LogP contribution in [0.3, 0.4) is 0 Å². The predicted molar refractivity (Wildman–Crippen MR) is 98.6 cm³/mol. The van der Waals surface area contributed by atoms with Crippen molar-refractivity contribution in [3.63, 3.8) is 0 Å². The van der Waals surface area contributed by atoms with Gasteiger partial charge in [0.2, 0.25) is 5.91 Å². The minimum absolute atomic E-state index is 0.0257. The molecule has 0 spiro atoms. The summed E-state index contributed by atoms with van der Waals surface area (Å²) in [5.41, 5.74) is 5.91. The van der Waals surface area contributed by atoms with Gasteiger partial charge in [0.15, 0.2) is 0 Å². The third-order valence-corrected chi connectivity index (χ3v) is 4.66. The summed E-state index contributed by atoms with van der Waals surface area (Å²) >= 11 is 0. The number of amides is 1. The maximum absolute atomic E-state index is 12.4. The molecule has 0 saturated heterocycles. The molecule has 126 valence electrons. The van der Waals surface area contributed by atoms with E-state index in [1.165, 1.54) is 24.0 Å². The number of aryl methyl sites for hydroxylation is 2. The van der Waals surface area contributed by atoms with Crippen molar-refractivity contribution in [1.82, 2.24) is 9.55 Å². The lowest BCUT2D eigenvalue weighted by molar-refractivity contribution is -0.115. The average molecular weight is 331 g/mol. The first-order valence-electron chi connectivity index (χ1n) is 8.71. The van der Waals surface area contributed by atoms with Crippen molar-refractivity contribution in [1.29, 1.82) is 0 Å². The first-order chi connectivity index (χ1) is 12.3. The highest BCUT2D eigenvalue weighted by Gasteiger charge is 2.12. The van der Waals surface area contributed by atoms with Crippen LogP contribution in [0.4, 0.5) is 5.69 Å². The van der Waals surface area contributed by atoms with Gasteiger partial charge in [0, 0.05) is 24.6 Å². The SMILES string of the molecule is O=C(Cc1ccc2c(c1)CCC2)Nc1cccc(Cn2ccnc2)c1. The molecular formula is C21H21N3O. The first kappa shape index (κ1) is 15.6. The monoisotopic (exact) mass is 331 g/mol. The Morgan fingerprint density at radius 1 is 1.08 bits per heavy atom. The molecule has 1 amide bonds. The van der Waals surface area contributed by atoms with E-state index in [2.05, 4.69) is 34.6 Å². The normalized spacial score (nSPS) is 12.8. The van der Waals surface area contributed by atoms with Gasteiger partial charge in [0.05, 0.1) is 12.7 Å². The van der Waals surface area contributed by atoms with Gasteiger partial charge in [-0.1, -0.05) is 30.3 Å². The number of anilines is 1. The third-order valence-electron chi connectivity index (χ3n) is 4.66. The number of imidazole rings is 1. The van der Waals surface area contributed by atoms with Crippen molar-refractivity contribution in [2.24, 2.45) is 0 Å². The van der Waals surface area contributed by atoms with Crippen LogP contribution in [0, 0.1) is 0 Å². The summed E-state index contributed by atoms with van der Waals surface area (Å²) in [4.78, 5) is 16.4. The van der Waals surface area contributed by atoms with E-state index in [1.54, 1.807) is 12.5 Å². The second-order valence-electron chi connectivity index (χ2n) is 6.62. The van der Waals surface area contributed by atoms with Crippen LogP contribution < -0.4 is 5.32 Å². The highest BCUT2D eigenvalue weighted by molar-refractivity contribution is 5.92. The average Bonchev–Trinajstić information content (AvgIpc) is 3.26. The van der Waals surface area contributed by atoms with Crippen molar-refractivity contribution < 1.29 is 4.79 Å². The standard InChI is InChI=1S/C21H21N3O/c25-21(13-16-7-8-18-4-2-5-19(18)11-16)23-20-6-1-3-17(12-20)14-24-10-9-22-15-24/h1,3,6-12,15H,2,4-5,13-14H2,(H,23,25). The van der Waals surface area contributed by atoms with E-state index >= 15 is 0 Å². The maximum atomic E-state index is 12.4. The first-order valence-corrected chi connectivity index (χ1v) is 8.71. The predicted octanol–water partition coefficient (Wildman–Crippen LogP) is 3.60. The zero-order chi connectivity index (χ0) is 17.1. The van der Waals surface area contributed by atoms with Crippen molar-refractivity contribution in [3.8, 4) is 0 Å². The summed E-state index contributed by atoms with van der Waals surface area (Å²) in [6, 6.07) is 14.4. The lowest BCUT2D eigenvalue weighted by Crippen LogP contribution is -2.14. The van der Waals surface area contributed by atoms with E-state index in [0.717, 1.165) is 29.8 Å². The van der Waals surface area contributed by atoms with Crippen LogP contribution >= 0.6 is 0 Å². The molecule has 1 aliphatic rings. The van der Waals surface area contributed by atoms with Crippen LogP contribution in [-0.2, 0) is 30.6 Å². The van der Waals surface area contributed by atoms with E-state index in [4.69, 9.17) is 0 Å². The van der Waals surface area contributed by atoms with Gasteiger partial charge < -0.3 is 9.88 Å². The number of fused-ring (bicyclic) bond motifs is 1. The Morgan fingerprint density at radius 3 is 2.88 bits per heavy atom. The zero-order valence-corrected chi connectivity index (χ0v) is 14.1. The summed E-state index contributed by atoms with van der Waals surface area (Å²) in [7, 11) is 0. The molecule has 0 unspecified atom stereocenters. The molecule has 0 fully saturated rings. The van der Waals surface area contributed by atoms with E-state index in [-0.39, 0.29) is 5.91 Å². The molecule has 0 saturated carbocycles. The van der Waals surface area contributed by atoms with Crippen molar-refractivity contribution in [2.45, 2.75) is 32.2 Å². The Labute approximate surface area is 147 Å². The summed E-state index contributed by atoms with van der Waals surface area (Å²) in [6.45, 7) is 0.745. The quantitative estimate of drug-likeness (QED) is 0.776. The molecule has 4 rings (SSSR count). The highest BCUT2D eigenvalue weighted by Crippen LogP contribution is 2.23. The number of hydrogen-bond acceptors (Lipinski definition) is 2. The highest BCUT2D eigenvalue weighted by atomic mass is 16.1.